The second kappa shape index (κ2) is 8.35. The molecule has 0 saturated heterocycles. The van der Waals surface area contributed by atoms with Gasteiger partial charge in [0, 0.05) is 11.3 Å². The minimum absolute atomic E-state index is 0.122. The van der Waals surface area contributed by atoms with Gasteiger partial charge in [0.25, 0.3) is 5.56 Å². The largest absolute Gasteiger partial charge is 0.493 e. The minimum atomic E-state index is -0.122. The molecule has 8 heteroatoms. The van der Waals surface area contributed by atoms with Crippen LogP contribution in [0.5, 0.6) is 11.5 Å². The van der Waals surface area contributed by atoms with Crippen molar-refractivity contribution in [3.8, 4) is 23.0 Å². The molecule has 0 N–H and O–H groups in total. The zero-order chi connectivity index (χ0) is 23.1. The number of fused-ring (bicyclic) bond motifs is 2. The van der Waals surface area contributed by atoms with E-state index < -0.39 is 0 Å². The van der Waals surface area contributed by atoms with Gasteiger partial charge in [0.2, 0.25) is 5.89 Å². The molecule has 3 heterocycles. The summed E-state index contributed by atoms with van der Waals surface area (Å²) >= 11 is 0. The van der Waals surface area contributed by atoms with E-state index in [0.717, 1.165) is 36.1 Å². The summed E-state index contributed by atoms with van der Waals surface area (Å²) in [5, 5.41) is 0.548. The summed E-state index contributed by atoms with van der Waals surface area (Å²) in [6.07, 6.45) is 4.55. The van der Waals surface area contributed by atoms with Gasteiger partial charge in [-0.3, -0.25) is 9.36 Å². The summed E-state index contributed by atoms with van der Waals surface area (Å²) in [6.45, 7) is 4.33. The second-order valence-electron chi connectivity index (χ2n) is 8.58. The number of aryl methyl sites for hydroxylation is 2. The second-order valence-corrected chi connectivity index (χ2v) is 8.58. The van der Waals surface area contributed by atoms with Gasteiger partial charge in [-0.1, -0.05) is 6.92 Å². The molecule has 0 aliphatic heterocycles. The van der Waals surface area contributed by atoms with Crippen LogP contribution in [0, 0.1) is 12.8 Å². The molecule has 33 heavy (non-hydrogen) atoms. The monoisotopic (exact) mass is 446 g/mol. The van der Waals surface area contributed by atoms with Crippen LogP contribution in [0.4, 0.5) is 0 Å². The molecule has 0 spiro atoms. The summed E-state index contributed by atoms with van der Waals surface area (Å²) < 4.78 is 18.1. The number of oxazole rings is 1. The van der Waals surface area contributed by atoms with Gasteiger partial charge in [-0.25, -0.2) is 15.0 Å². The highest BCUT2D eigenvalue weighted by molar-refractivity contribution is 5.74. The fourth-order valence-corrected chi connectivity index (χ4v) is 4.36. The molecule has 5 rings (SSSR count). The van der Waals surface area contributed by atoms with Crippen LogP contribution in [0.2, 0.25) is 0 Å². The highest BCUT2D eigenvalue weighted by Crippen LogP contribution is 2.32. The van der Waals surface area contributed by atoms with Crippen LogP contribution in [0.1, 0.15) is 36.1 Å². The fourth-order valence-electron chi connectivity index (χ4n) is 4.36. The Hall–Kier alpha value is -3.68. The van der Waals surface area contributed by atoms with Crippen molar-refractivity contribution in [2.75, 3.05) is 14.2 Å². The molecule has 0 unspecified atom stereocenters. The first-order chi connectivity index (χ1) is 16.0. The Morgan fingerprint density at radius 3 is 2.76 bits per heavy atom. The number of pyridine rings is 1. The van der Waals surface area contributed by atoms with Crippen LogP contribution in [-0.4, -0.2) is 33.7 Å². The van der Waals surface area contributed by atoms with Gasteiger partial charge >= 0.3 is 0 Å². The Morgan fingerprint density at radius 1 is 1.15 bits per heavy atom. The Kier molecular flexibility index (Phi) is 5.36. The Morgan fingerprint density at radius 2 is 1.97 bits per heavy atom. The highest BCUT2D eigenvalue weighted by atomic mass is 16.5. The van der Waals surface area contributed by atoms with Gasteiger partial charge < -0.3 is 13.9 Å². The van der Waals surface area contributed by atoms with E-state index in [9.17, 15) is 4.79 Å². The summed E-state index contributed by atoms with van der Waals surface area (Å²) in [5.74, 6) is 2.92. The number of aromatic nitrogens is 4. The topological polar surface area (TPSA) is 92.3 Å². The average Bonchev–Trinajstić information content (AvgIpc) is 3.19. The molecule has 8 nitrogen and oxygen atoms in total. The van der Waals surface area contributed by atoms with Gasteiger partial charge in [-0.15, -0.1) is 0 Å². The van der Waals surface area contributed by atoms with Crippen LogP contribution in [0.3, 0.4) is 0 Å². The molecule has 0 radical (unpaired) electrons. The van der Waals surface area contributed by atoms with Gasteiger partial charge in [-0.05, 0) is 61.9 Å². The zero-order valence-electron chi connectivity index (χ0n) is 19.2. The number of hydrogen-bond donors (Lipinski definition) is 0. The first-order valence-electron chi connectivity index (χ1n) is 11.0. The van der Waals surface area contributed by atoms with Gasteiger partial charge in [0.15, 0.2) is 17.1 Å². The first kappa shape index (κ1) is 21.2. The number of benzene rings is 1. The van der Waals surface area contributed by atoms with E-state index in [1.165, 1.54) is 0 Å². The first-order valence-corrected chi connectivity index (χ1v) is 11.0. The number of methoxy groups -OCH3 is 2. The highest BCUT2D eigenvalue weighted by Gasteiger charge is 2.20. The van der Waals surface area contributed by atoms with Gasteiger partial charge in [0.05, 0.1) is 26.2 Å². The van der Waals surface area contributed by atoms with Crippen molar-refractivity contribution < 1.29 is 13.9 Å². The van der Waals surface area contributed by atoms with E-state index in [1.807, 2.05) is 25.1 Å². The maximum Gasteiger partial charge on any atom is 0.263 e. The number of hydrogen-bond acceptors (Lipinski definition) is 7. The lowest BCUT2D eigenvalue weighted by Crippen LogP contribution is -2.23. The van der Waals surface area contributed by atoms with Crippen LogP contribution < -0.4 is 15.0 Å². The Labute approximate surface area is 191 Å². The number of nitrogens with zero attached hydrogens (tertiary/aromatic N) is 4. The van der Waals surface area contributed by atoms with Crippen molar-refractivity contribution in [2.24, 2.45) is 5.92 Å². The van der Waals surface area contributed by atoms with E-state index in [4.69, 9.17) is 13.9 Å². The van der Waals surface area contributed by atoms with Gasteiger partial charge in [-0.2, -0.15) is 0 Å². The van der Waals surface area contributed by atoms with Crippen molar-refractivity contribution >= 4 is 11.0 Å². The molecule has 1 atom stereocenters. The lowest BCUT2D eigenvalue weighted by atomic mass is 9.87. The molecule has 170 valence electrons. The molecule has 0 amide bonds. The maximum atomic E-state index is 13.2. The Bertz CT molecular complexity index is 1410. The third-order valence-electron chi connectivity index (χ3n) is 6.27. The lowest BCUT2D eigenvalue weighted by molar-refractivity contribution is 0.355. The van der Waals surface area contributed by atoms with E-state index in [0.29, 0.717) is 45.8 Å². The molecule has 0 bridgehead atoms. The predicted molar refractivity (Wildman–Crippen MR) is 124 cm³/mol. The third-order valence-corrected chi connectivity index (χ3v) is 6.27. The number of ether oxygens (including phenoxy) is 2. The molecule has 4 aromatic rings. The van der Waals surface area contributed by atoms with Crippen molar-refractivity contribution in [2.45, 2.75) is 39.7 Å². The molecule has 1 aliphatic rings. The van der Waals surface area contributed by atoms with E-state index in [2.05, 4.69) is 21.9 Å². The predicted octanol–water partition coefficient (Wildman–Crippen LogP) is 3.95. The summed E-state index contributed by atoms with van der Waals surface area (Å²) in [5.41, 5.74) is 4.04. The molecule has 0 fully saturated rings. The normalized spacial score (nSPS) is 15.5. The van der Waals surface area contributed by atoms with Crippen molar-refractivity contribution in [1.82, 2.24) is 19.5 Å². The van der Waals surface area contributed by atoms with Crippen LogP contribution in [-0.2, 0) is 19.4 Å². The van der Waals surface area contributed by atoms with Crippen molar-refractivity contribution in [3.05, 3.63) is 63.7 Å². The minimum Gasteiger partial charge on any atom is -0.493 e. The van der Waals surface area contributed by atoms with Crippen molar-refractivity contribution in [1.29, 1.82) is 0 Å². The third kappa shape index (κ3) is 3.86. The van der Waals surface area contributed by atoms with E-state index >= 15 is 0 Å². The SMILES string of the molecule is COc1ccc(-c2nc(Cn3cnc4nc5c(cc4c3=O)C[C@H](C)CC5)c(C)o2)cc1OC. The fraction of sp³-hybridized carbons (Fsp3) is 0.360. The summed E-state index contributed by atoms with van der Waals surface area (Å²) in [6, 6.07) is 7.45. The van der Waals surface area contributed by atoms with Gasteiger partial charge in [0.1, 0.15) is 17.8 Å². The summed E-state index contributed by atoms with van der Waals surface area (Å²) in [4.78, 5) is 27.0. The average molecular weight is 447 g/mol. The quantitative estimate of drug-likeness (QED) is 0.458. The standard InChI is InChI=1S/C25H26N4O4/c1-14-5-7-19-17(9-14)10-18-23(27-19)26-13-29(25(18)30)12-20-15(2)33-24(28-20)16-6-8-21(31-3)22(11-16)32-4/h6,8,10-11,13-14H,5,7,9,12H2,1-4H3/t14-/m1/s1. The number of rotatable bonds is 5. The molecule has 1 aliphatic carbocycles. The smallest absolute Gasteiger partial charge is 0.263 e. The van der Waals surface area contributed by atoms with E-state index in [-0.39, 0.29) is 12.1 Å². The Balaban J connectivity index is 1.48. The van der Waals surface area contributed by atoms with Crippen LogP contribution in [0.15, 0.2) is 39.8 Å². The van der Waals surface area contributed by atoms with E-state index in [1.54, 1.807) is 31.2 Å². The molecule has 0 saturated carbocycles. The molecular weight excluding hydrogens is 420 g/mol. The zero-order valence-corrected chi connectivity index (χ0v) is 19.2. The molecule has 1 aromatic carbocycles. The van der Waals surface area contributed by atoms with Crippen LogP contribution in [0.25, 0.3) is 22.5 Å². The maximum absolute atomic E-state index is 13.2. The summed E-state index contributed by atoms with van der Waals surface area (Å²) in [7, 11) is 3.17. The lowest BCUT2D eigenvalue weighted by Gasteiger charge is -2.20. The molecule has 3 aromatic heterocycles. The van der Waals surface area contributed by atoms with Crippen LogP contribution >= 0.6 is 0 Å². The molecular formula is C25H26N4O4. The van der Waals surface area contributed by atoms with Crippen molar-refractivity contribution in [3.63, 3.8) is 0 Å².